The van der Waals surface area contributed by atoms with E-state index in [1.807, 2.05) is 38.1 Å². The van der Waals surface area contributed by atoms with Crippen LogP contribution in [0.3, 0.4) is 0 Å². The number of amides is 1. The van der Waals surface area contributed by atoms with Crippen molar-refractivity contribution in [2.24, 2.45) is 0 Å². The number of fused-ring (bicyclic) bond motifs is 1. The van der Waals surface area contributed by atoms with Crippen molar-refractivity contribution >= 4 is 22.6 Å². The van der Waals surface area contributed by atoms with Gasteiger partial charge in [-0.2, -0.15) is 9.78 Å². The average molecular weight is 373 g/mol. The summed E-state index contributed by atoms with van der Waals surface area (Å²) in [6, 6.07) is 13.0. The number of ether oxygens (including phenoxy) is 1. The topological polar surface area (TPSA) is 81.9 Å². The van der Waals surface area contributed by atoms with Gasteiger partial charge in [-0.1, -0.05) is 12.1 Å². The Morgan fingerprint density at radius 1 is 1.14 bits per heavy atom. The lowest BCUT2D eigenvalue weighted by Crippen LogP contribution is -2.15. The summed E-state index contributed by atoms with van der Waals surface area (Å²) < 4.78 is 7.09. The molecule has 1 aromatic carbocycles. The van der Waals surface area contributed by atoms with Crippen LogP contribution in [-0.2, 0) is 0 Å². The molecule has 4 aromatic rings. The standard InChI is InChI=1S/C21H19N5O2/c1-13-10-18(23-20-16(13)7-4-8-17(20)28-3)26-19(11-14(2)25-26)24-21(27)15-6-5-9-22-12-15/h4-12H,1-3H3,(H,24,27). The number of para-hydroxylation sites is 1. The minimum absolute atomic E-state index is 0.260. The van der Waals surface area contributed by atoms with Gasteiger partial charge in [0.2, 0.25) is 0 Å². The zero-order valence-corrected chi connectivity index (χ0v) is 15.8. The molecule has 0 aliphatic heterocycles. The molecular weight excluding hydrogens is 354 g/mol. The number of benzene rings is 1. The first-order valence-corrected chi connectivity index (χ1v) is 8.79. The monoisotopic (exact) mass is 373 g/mol. The lowest BCUT2D eigenvalue weighted by atomic mass is 10.1. The molecule has 1 N–H and O–H groups in total. The smallest absolute Gasteiger partial charge is 0.258 e. The fraction of sp³-hybridized carbons (Fsp3) is 0.143. The predicted molar refractivity (Wildman–Crippen MR) is 107 cm³/mol. The lowest BCUT2D eigenvalue weighted by Gasteiger charge is -2.12. The molecule has 0 aliphatic rings. The van der Waals surface area contributed by atoms with Crippen molar-refractivity contribution in [2.45, 2.75) is 13.8 Å². The fourth-order valence-electron chi connectivity index (χ4n) is 3.10. The van der Waals surface area contributed by atoms with Crippen molar-refractivity contribution < 1.29 is 9.53 Å². The van der Waals surface area contributed by atoms with E-state index in [4.69, 9.17) is 9.72 Å². The molecule has 7 heteroatoms. The number of anilines is 1. The Labute approximate surface area is 162 Å². The first-order valence-electron chi connectivity index (χ1n) is 8.79. The van der Waals surface area contributed by atoms with Gasteiger partial charge in [0.1, 0.15) is 17.1 Å². The summed E-state index contributed by atoms with van der Waals surface area (Å²) in [5.74, 6) is 1.56. The van der Waals surface area contributed by atoms with E-state index in [1.165, 1.54) is 6.20 Å². The SMILES string of the molecule is COc1cccc2c(C)cc(-n3nc(C)cc3NC(=O)c3cccnc3)nc12. The summed E-state index contributed by atoms with van der Waals surface area (Å²) in [5.41, 5.74) is 3.02. The third kappa shape index (κ3) is 3.18. The molecule has 0 saturated carbocycles. The average Bonchev–Trinajstić information content (AvgIpc) is 3.08. The molecule has 140 valence electrons. The molecule has 0 aliphatic carbocycles. The van der Waals surface area contributed by atoms with E-state index in [9.17, 15) is 4.79 Å². The number of aryl methyl sites for hydroxylation is 2. The van der Waals surface area contributed by atoms with Crippen LogP contribution in [0.15, 0.2) is 54.9 Å². The number of carbonyl (C=O) groups excluding carboxylic acids is 1. The third-order valence-electron chi connectivity index (χ3n) is 4.43. The summed E-state index contributed by atoms with van der Waals surface area (Å²) in [6.45, 7) is 3.88. The maximum atomic E-state index is 12.6. The van der Waals surface area contributed by atoms with Crippen LogP contribution >= 0.6 is 0 Å². The summed E-state index contributed by atoms with van der Waals surface area (Å²) in [5, 5.41) is 8.41. The summed E-state index contributed by atoms with van der Waals surface area (Å²) in [7, 11) is 1.62. The molecule has 7 nitrogen and oxygen atoms in total. The van der Waals surface area contributed by atoms with E-state index in [-0.39, 0.29) is 5.91 Å². The zero-order valence-electron chi connectivity index (χ0n) is 15.8. The molecule has 28 heavy (non-hydrogen) atoms. The molecule has 1 amide bonds. The van der Waals surface area contributed by atoms with Crippen molar-refractivity contribution in [3.63, 3.8) is 0 Å². The van der Waals surface area contributed by atoms with E-state index < -0.39 is 0 Å². The van der Waals surface area contributed by atoms with E-state index >= 15 is 0 Å². The molecule has 4 rings (SSSR count). The maximum Gasteiger partial charge on any atom is 0.258 e. The molecular formula is C21H19N5O2. The number of pyridine rings is 2. The molecule has 3 aromatic heterocycles. The van der Waals surface area contributed by atoms with Crippen molar-refractivity contribution in [3.05, 3.63) is 71.7 Å². The number of methoxy groups -OCH3 is 1. The van der Waals surface area contributed by atoms with Gasteiger partial charge in [-0.05, 0) is 43.7 Å². The number of carbonyl (C=O) groups is 1. The Morgan fingerprint density at radius 3 is 2.75 bits per heavy atom. The number of hydrogen-bond acceptors (Lipinski definition) is 5. The van der Waals surface area contributed by atoms with Crippen molar-refractivity contribution in [3.8, 4) is 11.6 Å². The van der Waals surface area contributed by atoms with E-state index in [0.29, 0.717) is 22.9 Å². The highest BCUT2D eigenvalue weighted by molar-refractivity contribution is 6.03. The molecule has 0 radical (unpaired) electrons. The summed E-state index contributed by atoms with van der Waals surface area (Å²) >= 11 is 0. The Kier molecular flexibility index (Phi) is 4.49. The van der Waals surface area contributed by atoms with Gasteiger partial charge in [0, 0.05) is 23.8 Å². The number of nitrogens with one attached hydrogen (secondary N) is 1. The largest absolute Gasteiger partial charge is 0.494 e. The van der Waals surface area contributed by atoms with Crippen molar-refractivity contribution in [1.82, 2.24) is 19.7 Å². The van der Waals surface area contributed by atoms with E-state index in [2.05, 4.69) is 15.4 Å². The number of rotatable bonds is 4. The minimum atomic E-state index is -0.260. The van der Waals surface area contributed by atoms with Crippen LogP contribution in [0.5, 0.6) is 5.75 Å². The van der Waals surface area contributed by atoms with Crippen LogP contribution in [0.4, 0.5) is 5.82 Å². The van der Waals surface area contributed by atoms with Crippen LogP contribution < -0.4 is 10.1 Å². The van der Waals surface area contributed by atoms with Gasteiger partial charge in [0.15, 0.2) is 5.82 Å². The lowest BCUT2D eigenvalue weighted by molar-refractivity contribution is 0.102. The molecule has 0 bridgehead atoms. The van der Waals surface area contributed by atoms with Crippen LogP contribution in [0.2, 0.25) is 0 Å². The van der Waals surface area contributed by atoms with Crippen LogP contribution in [0.1, 0.15) is 21.6 Å². The van der Waals surface area contributed by atoms with Gasteiger partial charge in [-0.3, -0.25) is 9.78 Å². The Hall–Kier alpha value is -3.74. The fourth-order valence-corrected chi connectivity index (χ4v) is 3.10. The molecule has 0 unspecified atom stereocenters. The Bertz CT molecular complexity index is 1170. The quantitative estimate of drug-likeness (QED) is 0.590. The predicted octanol–water partition coefficient (Wildman–Crippen LogP) is 3.69. The zero-order chi connectivity index (χ0) is 19.7. The molecule has 0 fully saturated rings. The van der Waals surface area contributed by atoms with Gasteiger partial charge in [-0.25, -0.2) is 4.98 Å². The van der Waals surface area contributed by atoms with Crippen LogP contribution in [0, 0.1) is 13.8 Å². The van der Waals surface area contributed by atoms with Crippen LogP contribution in [0.25, 0.3) is 16.7 Å². The van der Waals surface area contributed by atoms with Gasteiger partial charge in [0.25, 0.3) is 5.91 Å². The summed E-state index contributed by atoms with van der Waals surface area (Å²) in [4.78, 5) is 21.3. The maximum absolute atomic E-state index is 12.6. The van der Waals surface area contributed by atoms with Crippen molar-refractivity contribution in [2.75, 3.05) is 12.4 Å². The third-order valence-corrected chi connectivity index (χ3v) is 4.43. The Morgan fingerprint density at radius 2 is 2.00 bits per heavy atom. The van der Waals surface area contributed by atoms with E-state index in [1.54, 1.807) is 36.2 Å². The van der Waals surface area contributed by atoms with Gasteiger partial charge < -0.3 is 10.1 Å². The molecule has 0 saturated heterocycles. The van der Waals surface area contributed by atoms with Gasteiger partial charge >= 0.3 is 0 Å². The van der Waals surface area contributed by atoms with Gasteiger partial charge in [-0.15, -0.1) is 0 Å². The normalized spacial score (nSPS) is 10.8. The molecule has 3 heterocycles. The highest BCUT2D eigenvalue weighted by atomic mass is 16.5. The van der Waals surface area contributed by atoms with E-state index in [0.717, 1.165) is 22.2 Å². The van der Waals surface area contributed by atoms with Crippen molar-refractivity contribution in [1.29, 1.82) is 0 Å². The second kappa shape index (κ2) is 7.11. The molecule has 0 atom stereocenters. The molecule has 0 spiro atoms. The highest BCUT2D eigenvalue weighted by Gasteiger charge is 2.15. The first-order chi connectivity index (χ1) is 13.6. The number of nitrogens with zero attached hydrogens (tertiary/aromatic N) is 4. The number of hydrogen-bond donors (Lipinski definition) is 1. The summed E-state index contributed by atoms with van der Waals surface area (Å²) in [6.07, 6.45) is 3.15. The second-order valence-corrected chi connectivity index (χ2v) is 6.43. The highest BCUT2D eigenvalue weighted by Crippen LogP contribution is 2.28. The Balaban J connectivity index is 1.79. The number of aromatic nitrogens is 4. The minimum Gasteiger partial charge on any atom is -0.494 e. The van der Waals surface area contributed by atoms with Crippen LogP contribution in [-0.4, -0.2) is 32.8 Å². The first kappa shape index (κ1) is 17.7. The van der Waals surface area contributed by atoms with Gasteiger partial charge in [0.05, 0.1) is 18.4 Å². The second-order valence-electron chi connectivity index (χ2n) is 6.43.